The van der Waals surface area contributed by atoms with Crippen LogP contribution in [0, 0.1) is 6.92 Å². The molecule has 0 fully saturated rings. The molecule has 0 unspecified atom stereocenters. The lowest BCUT2D eigenvalue weighted by atomic mass is 10.2. The molecule has 0 atom stereocenters. The van der Waals surface area contributed by atoms with Gasteiger partial charge in [-0.05, 0) is 37.3 Å². The predicted octanol–water partition coefficient (Wildman–Crippen LogP) is 2.77. The summed E-state index contributed by atoms with van der Waals surface area (Å²) in [5.74, 6) is -0.185. The maximum atomic E-state index is 12.6. The molecule has 4 aromatic rings. The summed E-state index contributed by atoms with van der Waals surface area (Å²) < 4.78 is 1.79. The lowest BCUT2D eigenvalue weighted by molar-refractivity contribution is 0.102. The Balaban J connectivity index is 1.72. The molecule has 22 heavy (non-hydrogen) atoms. The molecule has 1 amide bonds. The van der Waals surface area contributed by atoms with E-state index in [1.54, 1.807) is 10.6 Å². The van der Waals surface area contributed by atoms with Crippen molar-refractivity contribution in [1.82, 2.24) is 19.6 Å². The highest BCUT2D eigenvalue weighted by Gasteiger charge is 2.16. The molecule has 108 valence electrons. The summed E-state index contributed by atoms with van der Waals surface area (Å²) in [6.07, 6.45) is 3.58. The third kappa shape index (κ3) is 1.93. The second-order valence-corrected chi connectivity index (χ2v) is 5.10. The Kier molecular flexibility index (Phi) is 2.69. The fourth-order valence-electron chi connectivity index (χ4n) is 2.59. The van der Waals surface area contributed by atoms with Crippen LogP contribution in [0.25, 0.3) is 16.6 Å². The van der Waals surface area contributed by atoms with E-state index in [4.69, 9.17) is 0 Å². The number of pyridine rings is 1. The minimum absolute atomic E-state index is 0.185. The molecule has 6 nitrogen and oxygen atoms in total. The van der Waals surface area contributed by atoms with Crippen molar-refractivity contribution in [3.05, 3.63) is 60.2 Å². The van der Waals surface area contributed by atoms with Crippen molar-refractivity contribution in [3.8, 4) is 0 Å². The first kappa shape index (κ1) is 12.6. The number of nitrogens with zero attached hydrogens (tertiary/aromatic N) is 3. The van der Waals surface area contributed by atoms with Crippen LogP contribution in [-0.4, -0.2) is 25.5 Å². The van der Waals surface area contributed by atoms with Crippen LogP contribution in [0.2, 0.25) is 0 Å². The van der Waals surface area contributed by atoms with Gasteiger partial charge in [-0.15, -0.1) is 0 Å². The average molecular weight is 291 g/mol. The van der Waals surface area contributed by atoms with Crippen molar-refractivity contribution >= 4 is 28.1 Å². The second-order valence-electron chi connectivity index (χ2n) is 5.10. The van der Waals surface area contributed by atoms with Gasteiger partial charge in [0, 0.05) is 17.3 Å². The number of carbonyl (C=O) groups excluding carboxylic acids is 1. The van der Waals surface area contributed by atoms with Gasteiger partial charge in [-0.25, -0.2) is 4.98 Å². The lowest BCUT2D eigenvalue weighted by Gasteiger charge is -2.06. The zero-order valence-corrected chi connectivity index (χ0v) is 11.9. The molecule has 0 aliphatic rings. The van der Waals surface area contributed by atoms with Crippen molar-refractivity contribution in [3.63, 3.8) is 0 Å². The predicted molar refractivity (Wildman–Crippen MR) is 84.0 cm³/mol. The third-order valence-corrected chi connectivity index (χ3v) is 3.62. The van der Waals surface area contributed by atoms with Crippen molar-refractivity contribution in [2.24, 2.45) is 0 Å². The number of H-pyrrole nitrogens is 1. The van der Waals surface area contributed by atoms with E-state index in [0.29, 0.717) is 17.1 Å². The fourth-order valence-corrected chi connectivity index (χ4v) is 2.59. The van der Waals surface area contributed by atoms with Crippen molar-refractivity contribution in [1.29, 1.82) is 0 Å². The number of imidazole rings is 1. The maximum Gasteiger partial charge on any atom is 0.274 e. The van der Waals surface area contributed by atoms with Crippen LogP contribution in [-0.2, 0) is 0 Å². The van der Waals surface area contributed by atoms with Crippen LogP contribution in [0.1, 0.15) is 16.2 Å². The van der Waals surface area contributed by atoms with E-state index in [2.05, 4.69) is 20.5 Å². The molecule has 0 spiro atoms. The molecule has 3 aromatic heterocycles. The Morgan fingerprint density at radius 3 is 3.09 bits per heavy atom. The highest BCUT2D eigenvalue weighted by Crippen LogP contribution is 2.18. The average Bonchev–Trinajstić information content (AvgIpc) is 3.09. The van der Waals surface area contributed by atoms with Gasteiger partial charge in [0.2, 0.25) is 0 Å². The SMILES string of the molecule is Cc1nc2ccccn2c1C(=O)Nc1ccc2cn[nH]c2c1. The molecule has 0 aliphatic heterocycles. The first-order valence-electron chi connectivity index (χ1n) is 6.90. The van der Waals surface area contributed by atoms with Gasteiger partial charge in [0.25, 0.3) is 5.91 Å². The van der Waals surface area contributed by atoms with Crippen LogP contribution < -0.4 is 5.32 Å². The van der Waals surface area contributed by atoms with Gasteiger partial charge in [-0.2, -0.15) is 5.10 Å². The quantitative estimate of drug-likeness (QED) is 0.596. The number of hydrogen-bond acceptors (Lipinski definition) is 3. The summed E-state index contributed by atoms with van der Waals surface area (Å²) in [4.78, 5) is 17.0. The number of anilines is 1. The van der Waals surface area contributed by atoms with E-state index < -0.39 is 0 Å². The molecule has 3 heterocycles. The molecule has 0 bridgehead atoms. The van der Waals surface area contributed by atoms with Crippen molar-refractivity contribution < 1.29 is 4.79 Å². The number of aryl methyl sites for hydroxylation is 1. The standard InChI is InChI=1S/C16H13N5O/c1-10-15(21-7-3-2-4-14(21)18-10)16(22)19-12-6-5-11-9-17-20-13(11)8-12/h2-9H,1H3,(H,17,20)(H,19,22). The fraction of sp³-hybridized carbons (Fsp3) is 0.0625. The third-order valence-electron chi connectivity index (χ3n) is 3.62. The van der Waals surface area contributed by atoms with E-state index in [1.165, 1.54) is 0 Å². The van der Waals surface area contributed by atoms with Crippen LogP contribution in [0.5, 0.6) is 0 Å². The first-order valence-corrected chi connectivity index (χ1v) is 6.90. The molecule has 4 rings (SSSR count). The Morgan fingerprint density at radius 2 is 2.18 bits per heavy atom. The number of rotatable bonds is 2. The van der Waals surface area contributed by atoms with Crippen LogP contribution in [0.15, 0.2) is 48.8 Å². The van der Waals surface area contributed by atoms with Gasteiger partial charge in [-0.1, -0.05) is 6.07 Å². The van der Waals surface area contributed by atoms with Gasteiger partial charge < -0.3 is 5.32 Å². The molecule has 0 aliphatic carbocycles. The molecular weight excluding hydrogens is 278 g/mol. The molecule has 1 aromatic carbocycles. The van der Waals surface area contributed by atoms with E-state index in [-0.39, 0.29) is 5.91 Å². The molecule has 6 heteroatoms. The Morgan fingerprint density at radius 1 is 1.27 bits per heavy atom. The number of hydrogen-bond donors (Lipinski definition) is 2. The van der Waals surface area contributed by atoms with Gasteiger partial charge in [-0.3, -0.25) is 14.3 Å². The van der Waals surface area contributed by atoms with E-state index in [0.717, 1.165) is 16.6 Å². The van der Waals surface area contributed by atoms with Crippen LogP contribution in [0.3, 0.4) is 0 Å². The molecule has 0 saturated heterocycles. The van der Waals surface area contributed by atoms with E-state index >= 15 is 0 Å². The van der Waals surface area contributed by atoms with Gasteiger partial charge >= 0.3 is 0 Å². The van der Waals surface area contributed by atoms with E-state index in [1.807, 2.05) is 49.5 Å². The molecule has 2 N–H and O–H groups in total. The largest absolute Gasteiger partial charge is 0.321 e. The number of amides is 1. The Hall–Kier alpha value is -3.15. The minimum atomic E-state index is -0.185. The lowest BCUT2D eigenvalue weighted by Crippen LogP contribution is -2.15. The topological polar surface area (TPSA) is 75.1 Å². The smallest absolute Gasteiger partial charge is 0.274 e. The number of benzene rings is 1. The zero-order chi connectivity index (χ0) is 15.1. The second kappa shape index (κ2) is 4.70. The number of aromatic amines is 1. The molecule has 0 saturated carbocycles. The Bertz CT molecular complexity index is 998. The van der Waals surface area contributed by atoms with Gasteiger partial charge in [0.1, 0.15) is 11.3 Å². The summed E-state index contributed by atoms with van der Waals surface area (Å²) in [7, 11) is 0. The number of aromatic nitrogens is 4. The molecule has 0 radical (unpaired) electrons. The zero-order valence-electron chi connectivity index (χ0n) is 11.9. The van der Waals surface area contributed by atoms with E-state index in [9.17, 15) is 4.79 Å². The van der Waals surface area contributed by atoms with Gasteiger partial charge in [0.15, 0.2) is 0 Å². The summed E-state index contributed by atoms with van der Waals surface area (Å²) in [5.41, 5.74) is 3.60. The first-order chi connectivity index (χ1) is 10.7. The number of carbonyl (C=O) groups is 1. The summed E-state index contributed by atoms with van der Waals surface area (Å²) in [6.45, 7) is 1.83. The minimum Gasteiger partial charge on any atom is -0.321 e. The van der Waals surface area contributed by atoms with Crippen LogP contribution >= 0.6 is 0 Å². The van der Waals surface area contributed by atoms with Crippen molar-refractivity contribution in [2.75, 3.05) is 5.32 Å². The Labute approximate surface area is 125 Å². The summed E-state index contributed by atoms with van der Waals surface area (Å²) >= 11 is 0. The molecular formula is C16H13N5O. The number of fused-ring (bicyclic) bond motifs is 2. The number of nitrogens with one attached hydrogen (secondary N) is 2. The summed E-state index contributed by atoms with van der Waals surface area (Å²) in [6, 6.07) is 11.3. The van der Waals surface area contributed by atoms with Gasteiger partial charge in [0.05, 0.1) is 17.4 Å². The maximum absolute atomic E-state index is 12.6. The normalized spacial score (nSPS) is 11.1. The highest BCUT2D eigenvalue weighted by molar-refractivity contribution is 6.05. The monoisotopic (exact) mass is 291 g/mol. The van der Waals surface area contributed by atoms with Crippen molar-refractivity contribution in [2.45, 2.75) is 6.92 Å². The van der Waals surface area contributed by atoms with Crippen LogP contribution in [0.4, 0.5) is 5.69 Å². The highest BCUT2D eigenvalue weighted by atomic mass is 16.2. The summed E-state index contributed by atoms with van der Waals surface area (Å²) in [5, 5.41) is 10.8.